The summed E-state index contributed by atoms with van der Waals surface area (Å²) in [6.45, 7) is 1.84. The van der Waals surface area contributed by atoms with E-state index in [9.17, 15) is 4.79 Å². The lowest BCUT2D eigenvalue weighted by molar-refractivity contribution is -0.129. The molecule has 1 aromatic heterocycles. The summed E-state index contributed by atoms with van der Waals surface area (Å²) in [6, 6.07) is 8.22. The second kappa shape index (κ2) is 7.27. The van der Waals surface area contributed by atoms with Gasteiger partial charge in [-0.05, 0) is 45.1 Å². The average Bonchev–Trinajstić information content (AvgIpc) is 2.87. The summed E-state index contributed by atoms with van der Waals surface area (Å²) < 4.78 is 0. The third kappa shape index (κ3) is 4.33. The highest BCUT2D eigenvalue weighted by molar-refractivity contribution is 5.84. The Hall–Kier alpha value is -1.81. The van der Waals surface area contributed by atoms with E-state index in [-0.39, 0.29) is 5.91 Å². The molecule has 0 spiro atoms. The number of rotatable bonds is 7. The number of hydrogen-bond acceptors (Lipinski definition) is 2. The smallest absolute Gasteiger partial charge is 0.222 e. The molecule has 0 aliphatic carbocycles. The predicted octanol–water partition coefficient (Wildman–Crippen LogP) is 2.51. The Bertz CT molecular complexity index is 588. The van der Waals surface area contributed by atoms with Gasteiger partial charge in [-0.3, -0.25) is 4.79 Å². The van der Waals surface area contributed by atoms with Crippen molar-refractivity contribution in [1.82, 2.24) is 14.8 Å². The summed E-state index contributed by atoms with van der Waals surface area (Å²) in [5, 5.41) is 1.22. The van der Waals surface area contributed by atoms with Crippen LogP contribution in [0.4, 0.5) is 0 Å². The largest absolute Gasteiger partial charge is 0.361 e. The lowest BCUT2D eigenvalue weighted by Crippen LogP contribution is -2.29. The molecule has 1 N–H and O–H groups in total. The fourth-order valence-corrected chi connectivity index (χ4v) is 2.52. The van der Waals surface area contributed by atoms with Crippen LogP contribution in [0, 0.1) is 0 Å². The molecule has 4 nitrogen and oxygen atoms in total. The van der Waals surface area contributed by atoms with Gasteiger partial charge in [0.15, 0.2) is 0 Å². The number of hydrogen-bond donors (Lipinski definition) is 1. The fraction of sp³-hybridized carbons (Fsp3) is 0.471. The molecule has 114 valence electrons. The molecule has 4 heteroatoms. The lowest BCUT2D eigenvalue weighted by Gasteiger charge is -2.18. The number of nitrogens with one attached hydrogen (secondary N) is 1. The molecular formula is C17H25N3O. The number of carbonyl (C=O) groups excluding carboxylic acids is 1. The number of carbonyl (C=O) groups is 1. The van der Waals surface area contributed by atoms with E-state index in [1.54, 1.807) is 0 Å². The van der Waals surface area contributed by atoms with Gasteiger partial charge in [0.1, 0.15) is 0 Å². The van der Waals surface area contributed by atoms with Gasteiger partial charge in [-0.15, -0.1) is 0 Å². The Morgan fingerprint density at radius 1 is 1.14 bits per heavy atom. The monoisotopic (exact) mass is 287 g/mol. The number of nitrogens with zero attached hydrogens (tertiary/aromatic N) is 2. The number of H-pyrrole nitrogens is 1. The van der Waals surface area contributed by atoms with E-state index >= 15 is 0 Å². The topological polar surface area (TPSA) is 39.3 Å². The van der Waals surface area contributed by atoms with Gasteiger partial charge < -0.3 is 14.8 Å². The third-order valence-electron chi connectivity index (χ3n) is 3.81. The number of amides is 1. The summed E-state index contributed by atoms with van der Waals surface area (Å²) in [5.74, 6) is 0.221. The van der Waals surface area contributed by atoms with E-state index in [4.69, 9.17) is 0 Å². The Morgan fingerprint density at radius 3 is 2.67 bits per heavy atom. The molecular weight excluding hydrogens is 262 g/mol. The molecule has 1 heterocycles. The van der Waals surface area contributed by atoms with E-state index in [1.165, 1.54) is 10.9 Å². The number of fused-ring (bicyclic) bond motifs is 1. The van der Waals surface area contributed by atoms with Gasteiger partial charge in [-0.2, -0.15) is 0 Å². The molecule has 2 aromatic rings. The first-order valence-electron chi connectivity index (χ1n) is 7.51. The van der Waals surface area contributed by atoms with Crippen molar-refractivity contribution in [2.75, 3.05) is 34.2 Å². The summed E-state index contributed by atoms with van der Waals surface area (Å²) in [7, 11) is 6.00. The normalized spacial score (nSPS) is 11.2. The van der Waals surface area contributed by atoms with E-state index in [0.717, 1.165) is 31.4 Å². The van der Waals surface area contributed by atoms with Gasteiger partial charge in [0, 0.05) is 37.1 Å². The van der Waals surface area contributed by atoms with E-state index < -0.39 is 0 Å². The summed E-state index contributed by atoms with van der Waals surface area (Å²) in [6.07, 6.45) is 4.40. The maximum absolute atomic E-state index is 12.2. The molecule has 2 rings (SSSR count). The maximum atomic E-state index is 12.2. The standard InChI is InChI=1S/C17H25N3O/c1-19(2)11-6-12-20(3)17(21)10-9-14-13-18-16-8-5-4-7-15(14)16/h4-5,7-8,13,18H,6,9-12H2,1-3H3. The van der Waals surface area contributed by atoms with E-state index in [2.05, 4.69) is 36.1 Å². The first kappa shape index (κ1) is 15.6. The number of para-hydroxylation sites is 1. The maximum Gasteiger partial charge on any atom is 0.222 e. The summed E-state index contributed by atoms with van der Waals surface area (Å²) in [4.78, 5) is 19.4. The van der Waals surface area contributed by atoms with Crippen LogP contribution in [0.25, 0.3) is 10.9 Å². The quantitative estimate of drug-likeness (QED) is 0.850. The van der Waals surface area contributed by atoms with E-state index in [1.807, 2.05) is 30.3 Å². The molecule has 0 fully saturated rings. The Kier molecular flexibility index (Phi) is 5.39. The van der Waals surface area contributed by atoms with Crippen molar-refractivity contribution in [3.63, 3.8) is 0 Å². The molecule has 0 aliphatic heterocycles. The number of aromatic nitrogens is 1. The van der Waals surface area contributed by atoms with Gasteiger partial charge in [0.25, 0.3) is 0 Å². The average molecular weight is 287 g/mol. The highest BCUT2D eigenvalue weighted by Crippen LogP contribution is 2.19. The van der Waals surface area contributed by atoms with Crippen molar-refractivity contribution in [3.05, 3.63) is 36.0 Å². The van der Waals surface area contributed by atoms with Gasteiger partial charge in [0.05, 0.1) is 0 Å². The fourth-order valence-electron chi connectivity index (χ4n) is 2.52. The van der Waals surface area contributed by atoms with Crippen molar-refractivity contribution in [3.8, 4) is 0 Å². The number of aromatic amines is 1. The predicted molar refractivity (Wildman–Crippen MR) is 87.4 cm³/mol. The van der Waals surface area contributed by atoms with Crippen LogP contribution in [0.2, 0.25) is 0 Å². The zero-order chi connectivity index (χ0) is 15.2. The van der Waals surface area contributed by atoms with Crippen molar-refractivity contribution in [1.29, 1.82) is 0 Å². The third-order valence-corrected chi connectivity index (χ3v) is 3.81. The van der Waals surface area contributed by atoms with Crippen LogP contribution < -0.4 is 0 Å². The molecule has 0 saturated carbocycles. The van der Waals surface area contributed by atoms with Crippen LogP contribution in [0.3, 0.4) is 0 Å². The Balaban J connectivity index is 1.83. The van der Waals surface area contributed by atoms with Gasteiger partial charge in [0.2, 0.25) is 5.91 Å². The second-order valence-corrected chi connectivity index (χ2v) is 5.83. The molecule has 0 unspecified atom stereocenters. The van der Waals surface area contributed by atoms with Gasteiger partial charge in [-0.1, -0.05) is 18.2 Å². The van der Waals surface area contributed by atoms with Crippen LogP contribution >= 0.6 is 0 Å². The van der Waals surface area contributed by atoms with Gasteiger partial charge in [-0.25, -0.2) is 0 Å². The highest BCUT2D eigenvalue weighted by Gasteiger charge is 2.10. The SMILES string of the molecule is CN(C)CCCN(C)C(=O)CCc1c[nH]c2ccccc12. The van der Waals surface area contributed by atoms with Crippen LogP contribution in [0.15, 0.2) is 30.5 Å². The zero-order valence-corrected chi connectivity index (χ0v) is 13.2. The molecule has 0 aliphatic rings. The molecule has 0 radical (unpaired) electrons. The van der Waals surface area contributed by atoms with Crippen molar-refractivity contribution in [2.24, 2.45) is 0 Å². The van der Waals surface area contributed by atoms with Crippen LogP contribution in [-0.2, 0) is 11.2 Å². The number of aryl methyl sites for hydroxylation is 1. The van der Waals surface area contributed by atoms with Crippen LogP contribution in [0.5, 0.6) is 0 Å². The lowest BCUT2D eigenvalue weighted by atomic mass is 10.1. The van der Waals surface area contributed by atoms with Gasteiger partial charge >= 0.3 is 0 Å². The Morgan fingerprint density at radius 2 is 1.90 bits per heavy atom. The van der Waals surface area contributed by atoms with E-state index in [0.29, 0.717) is 6.42 Å². The molecule has 0 atom stereocenters. The second-order valence-electron chi connectivity index (χ2n) is 5.83. The van der Waals surface area contributed by atoms with Crippen molar-refractivity contribution in [2.45, 2.75) is 19.3 Å². The van der Waals surface area contributed by atoms with Crippen LogP contribution in [-0.4, -0.2) is 54.9 Å². The van der Waals surface area contributed by atoms with Crippen molar-refractivity contribution >= 4 is 16.8 Å². The minimum absolute atomic E-state index is 0.221. The number of benzene rings is 1. The first-order chi connectivity index (χ1) is 10.1. The van der Waals surface area contributed by atoms with Crippen molar-refractivity contribution < 1.29 is 4.79 Å². The highest BCUT2D eigenvalue weighted by atomic mass is 16.2. The molecule has 0 saturated heterocycles. The molecule has 1 aromatic carbocycles. The molecule has 0 bridgehead atoms. The molecule has 21 heavy (non-hydrogen) atoms. The van der Waals surface area contributed by atoms with Crippen LogP contribution in [0.1, 0.15) is 18.4 Å². The zero-order valence-electron chi connectivity index (χ0n) is 13.2. The first-order valence-corrected chi connectivity index (χ1v) is 7.51. The summed E-state index contributed by atoms with van der Waals surface area (Å²) in [5.41, 5.74) is 2.36. The Labute approximate surface area is 126 Å². The minimum Gasteiger partial charge on any atom is -0.361 e. The minimum atomic E-state index is 0.221. The molecule has 1 amide bonds. The summed E-state index contributed by atoms with van der Waals surface area (Å²) >= 11 is 0.